The fourth-order valence-corrected chi connectivity index (χ4v) is 3.68. The Morgan fingerprint density at radius 3 is 2.58 bits per heavy atom. The maximum Gasteiger partial charge on any atom is 0.258 e. The van der Waals surface area contributed by atoms with Gasteiger partial charge in [0.25, 0.3) is 5.91 Å². The van der Waals surface area contributed by atoms with Gasteiger partial charge in [-0.15, -0.1) is 0 Å². The van der Waals surface area contributed by atoms with Crippen molar-refractivity contribution in [3.8, 4) is 11.1 Å². The number of nitrogens with zero attached hydrogens (tertiary/aromatic N) is 3. The second-order valence-corrected chi connectivity index (χ2v) is 8.28. The minimum Gasteiger partial charge on any atom is -0.366 e. The number of benzene rings is 1. The van der Waals surface area contributed by atoms with E-state index in [9.17, 15) is 13.6 Å². The van der Waals surface area contributed by atoms with Gasteiger partial charge in [-0.05, 0) is 31.2 Å². The maximum atomic E-state index is 14.7. The second kappa shape index (κ2) is 9.68. The highest BCUT2D eigenvalue weighted by atomic mass is 19.1. The van der Waals surface area contributed by atoms with Gasteiger partial charge in [0, 0.05) is 48.7 Å². The lowest BCUT2D eigenvalue weighted by Gasteiger charge is -2.30. The van der Waals surface area contributed by atoms with Crippen LogP contribution < -0.4 is 10.6 Å². The molecule has 0 saturated carbocycles. The molecule has 1 aromatic carbocycles. The van der Waals surface area contributed by atoms with Gasteiger partial charge in [-0.2, -0.15) is 0 Å². The zero-order valence-electron chi connectivity index (χ0n) is 18.6. The molecule has 1 aliphatic heterocycles. The molecule has 4 rings (SSSR count). The molecule has 33 heavy (non-hydrogen) atoms. The van der Waals surface area contributed by atoms with Gasteiger partial charge in [0.2, 0.25) is 0 Å². The number of carbonyl (C=O) groups excluding carboxylic acids is 1. The summed E-state index contributed by atoms with van der Waals surface area (Å²) in [6.45, 7) is 6.96. The number of ether oxygens (including phenoxy) is 1. The van der Waals surface area contributed by atoms with E-state index in [-0.39, 0.29) is 28.8 Å². The highest BCUT2D eigenvalue weighted by molar-refractivity contribution is 6.06. The summed E-state index contributed by atoms with van der Waals surface area (Å²) in [6.07, 6.45) is 3.81. The molecule has 0 bridgehead atoms. The molecular formula is C24H25F2N5O2. The predicted octanol–water partition coefficient (Wildman–Crippen LogP) is 4.24. The molecular weight excluding hydrogens is 428 g/mol. The van der Waals surface area contributed by atoms with Crippen LogP contribution >= 0.6 is 0 Å². The Bertz CT molecular complexity index is 1150. The third-order valence-electron chi connectivity index (χ3n) is 5.35. The molecule has 1 amide bonds. The molecule has 1 unspecified atom stereocenters. The van der Waals surface area contributed by atoms with E-state index in [4.69, 9.17) is 4.74 Å². The number of halogens is 2. The number of carbonyl (C=O) groups is 1. The zero-order chi connectivity index (χ0) is 23.5. The van der Waals surface area contributed by atoms with Crippen LogP contribution in [0.1, 0.15) is 54.7 Å². The number of anilines is 1. The Kier molecular flexibility index (Phi) is 6.71. The molecule has 2 N–H and O–H groups in total. The summed E-state index contributed by atoms with van der Waals surface area (Å²) in [5.74, 6) is -0.970. The summed E-state index contributed by atoms with van der Waals surface area (Å²) in [6, 6.07) is 4.72. The van der Waals surface area contributed by atoms with E-state index in [1.54, 1.807) is 0 Å². The minimum absolute atomic E-state index is 0.0113. The molecule has 172 valence electrons. The van der Waals surface area contributed by atoms with Crippen LogP contribution in [0.15, 0.2) is 42.9 Å². The van der Waals surface area contributed by atoms with Crippen molar-refractivity contribution in [1.29, 1.82) is 0 Å². The third-order valence-corrected chi connectivity index (χ3v) is 5.35. The lowest BCUT2D eigenvalue weighted by Crippen LogP contribution is -2.39. The lowest BCUT2D eigenvalue weighted by molar-refractivity contribution is -0.0304. The summed E-state index contributed by atoms with van der Waals surface area (Å²) in [5, 5.41) is 6.08. The van der Waals surface area contributed by atoms with Gasteiger partial charge in [0.1, 0.15) is 23.6 Å². The Balaban J connectivity index is 1.77. The molecule has 3 heterocycles. The number of pyridine rings is 1. The molecule has 1 saturated heterocycles. The highest BCUT2D eigenvalue weighted by Gasteiger charge is 2.27. The summed E-state index contributed by atoms with van der Waals surface area (Å²) in [7, 11) is 0. The van der Waals surface area contributed by atoms with Crippen molar-refractivity contribution in [2.45, 2.75) is 38.9 Å². The average molecular weight is 453 g/mol. The summed E-state index contributed by atoms with van der Waals surface area (Å²) < 4.78 is 34.7. The number of hydrogen-bond acceptors (Lipinski definition) is 6. The van der Waals surface area contributed by atoms with Gasteiger partial charge in [-0.25, -0.2) is 18.7 Å². The summed E-state index contributed by atoms with van der Waals surface area (Å²) >= 11 is 0. The van der Waals surface area contributed by atoms with E-state index in [1.165, 1.54) is 24.7 Å². The summed E-state index contributed by atoms with van der Waals surface area (Å²) in [5.41, 5.74) is 1.21. The first-order valence-electron chi connectivity index (χ1n) is 10.8. The normalized spacial score (nSPS) is 18.4. The van der Waals surface area contributed by atoms with E-state index in [1.807, 2.05) is 20.8 Å². The van der Waals surface area contributed by atoms with Crippen molar-refractivity contribution < 1.29 is 18.3 Å². The van der Waals surface area contributed by atoms with Crippen molar-refractivity contribution in [2.24, 2.45) is 0 Å². The van der Waals surface area contributed by atoms with E-state index < -0.39 is 23.6 Å². The molecule has 0 aliphatic carbocycles. The third kappa shape index (κ3) is 5.04. The zero-order valence-corrected chi connectivity index (χ0v) is 18.6. The van der Waals surface area contributed by atoms with Crippen LogP contribution in [-0.2, 0) is 4.74 Å². The Morgan fingerprint density at radius 2 is 1.88 bits per heavy atom. The lowest BCUT2D eigenvalue weighted by atomic mass is 10.00. The van der Waals surface area contributed by atoms with Gasteiger partial charge in [0.05, 0.1) is 23.0 Å². The number of hydrogen-bond donors (Lipinski definition) is 2. The maximum absolute atomic E-state index is 14.7. The average Bonchev–Trinajstić information content (AvgIpc) is 2.81. The van der Waals surface area contributed by atoms with Crippen molar-refractivity contribution in [2.75, 3.05) is 18.4 Å². The summed E-state index contributed by atoms with van der Waals surface area (Å²) in [4.78, 5) is 26.0. The van der Waals surface area contributed by atoms with Gasteiger partial charge >= 0.3 is 0 Å². The van der Waals surface area contributed by atoms with Crippen LogP contribution in [0.3, 0.4) is 0 Å². The quantitative estimate of drug-likeness (QED) is 0.601. The van der Waals surface area contributed by atoms with E-state index >= 15 is 0 Å². The predicted molar refractivity (Wildman–Crippen MR) is 120 cm³/mol. The van der Waals surface area contributed by atoms with Crippen LogP contribution in [0.2, 0.25) is 0 Å². The molecule has 1 aliphatic rings. The largest absolute Gasteiger partial charge is 0.366 e. The van der Waals surface area contributed by atoms with E-state index in [0.717, 1.165) is 18.2 Å². The smallest absolute Gasteiger partial charge is 0.258 e. The van der Waals surface area contributed by atoms with Crippen LogP contribution in [0.25, 0.3) is 11.1 Å². The fourth-order valence-electron chi connectivity index (χ4n) is 3.68. The van der Waals surface area contributed by atoms with Gasteiger partial charge in [-0.1, -0.05) is 13.8 Å². The van der Waals surface area contributed by atoms with Crippen LogP contribution in [-0.4, -0.2) is 40.1 Å². The number of amides is 1. The number of morpholine rings is 1. The Hall–Kier alpha value is -3.30. The van der Waals surface area contributed by atoms with Gasteiger partial charge < -0.3 is 15.4 Å². The van der Waals surface area contributed by atoms with E-state index in [0.29, 0.717) is 30.2 Å². The molecule has 1 fully saturated rings. The molecule has 7 nitrogen and oxygen atoms in total. The van der Waals surface area contributed by atoms with Crippen LogP contribution in [0, 0.1) is 11.6 Å². The monoisotopic (exact) mass is 453 g/mol. The van der Waals surface area contributed by atoms with Crippen LogP contribution in [0.5, 0.6) is 0 Å². The molecule has 0 spiro atoms. The highest BCUT2D eigenvalue weighted by Crippen LogP contribution is 2.36. The molecule has 2 atom stereocenters. The Labute approximate surface area is 190 Å². The molecule has 2 aromatic heterocycles. The SMILES string of the molecule is CC(C)c1ncc(C(=O)Nc2c(-c3cc(F)ccc3F)ccnc2C2CNC[C@@H](C)O2)cn1. The fraction of sp³-hybridized carbons (Fsp3) is 0.333. The number of rotatable bonds is 5. The molecule has 9 heteroatoms. The Morgan fingerprint density at radius 1 is 1.12 bits per heavy atom. The van der Waals surface area contributed by atoms with Gasteiger partial charge in [-0.3, -0.25) is 9.78 Å². The number of aromatic nitrogens is 3. The van der Waals surface area contributed by atoms with Crippen molar-refractivity contribution in [1.82, 2.24) is 20.3 Å². The van der Waals surface area contributed by atoms with Gasteiger partial charge in [0.15, 0.2) is 0 Å². The first-order chi connectivity index (χ1) is 15.8. The minimum atomic E-state index is -0.621. The van der Waals surface area contributed by atoms with E-state index in [2.05, 4.69) is 25.6 Å². The first-order valence-corrected chi connectivity index (χ1v) is 10.8. The van der Waals surface area contributed by atoms with Crippen molar-refractivity contribution in [3.05, 3.63) is 71.6 Å². The number of nitrogens with one attached hydrogen (secondary N) is 2. The van der Waals surface area contributed by atoms with Crippen molar-refractivity contribution in [3.63, 3.8) is 0 Å². The first kappa shape index (κ1) is 22.9. The van der Waals surface area contributed by atoms with Crippen LogP contribution in [0.4, 0.5) is 14.5 Å². The molecule has 0 radical (unpaired) electrons. The standard InChI is InChI=1S/C24H25F2N5O2/c1-13(2)23-29-10-15(11-30-23)24(32)31-21-17(18-8-16(25)4-5-19(18)26)6-7-28-22(21)20-12-27-9-14(3)33-20/h4-8,10-11,13-14,20,27H,9,12H2,1-3H3,(H,31,32)/t14-,20?/m1/s1. The van der Waals surface area contributed by atoms with Crippen molar-refractivity contribution >= 4 is 11.6 Å². The second-order valence-electron chi connectivity index (χ2n) is 8.28. The topological polar surface area (TPSA) is 89.0 Å². The molecule has 3 aromatic rings.